The number of nitrogens with two attached hydrogens (primary N) is 1. The van der Waals surface area contributed by atoms with Crippen LogP contribution < -0.4 is 26.6 Å². The minimum Gasteiger partial charge on any atom is -0.370 e. The lowest BCUT2D eigenvalue weighted by Crippen LogP contribution is -2.57. The first-order valence-corrected chi connectivity index (χ1v) is 21.2. The van der Waals surface area contributed by atoms with Crippen molar-refractivity contribution < 1.29 is 43.1 Å². The molecule has 15 nitrogen and oxygen atoms in total. The van der Waals surface area contributed by atoms with E-state index in [1.807, 2.05) is 86.6 Å². The lowest BCUT2D eigenvalue weighted by atomic mass is 9.93. The van der Waals surface area contributed by atoms with Crippen LogP contribution in [0.2, 0.25) is 0 Å². The third-order valence-corrected chi connectivity index (χ3v) is 11.8. The van der Waals surface area contributed by atoms with Crippen LogP contribution in [0.25, 0.3) is 10.9 Å². The first kappa shape index (κ1) is 41.7. The maximum absolute atomic E-state index is 14.6. The fourth-order valence-electron chi connectivity index (χ4n) is 7.94. The molecule has 0 bridgehead atoms. The highest BCUT2D eigenvalue weighted by Gasteiger charge is 2.45. The van der Waals surface area contributed by atoms with Gasteiger partial charge in [0.15, 0.2) is 0 Å². The molecule has 8 N–H and O–H groups in total. The molecule has 2 aliphatic rings. The summed E-state index contributed by atoms with van der Waals surface area (Å²) in [7, 11) is -5.04. The summed E-state index contributed by atoms with van der Waals surface area (Å²) in [4.78, 5) is 104. The van der Waals surface area contributed by atoms with Crippen LogP contribution in [0.5, 0.6) is 0 Å². The Morgan fingerprint density at radius 1 is 0.867 bits per heavy atom. The molecule has 310 valence electrons. The first-order chi connectivity index (χ1) is 28.6. The van der Waals surface area contributed by atoms with Crippen molar-refractivity contribution in [3.8, 4) is 0 Å². The van der Waals surface area contributed by atoms with Crippen molar-refractivity contribution in [3.63, 3.8) is 0 Å². The number of aryl methyl sites for hydroxylation is 1. The summed E-state index contributed by atoms with van der Waals surface area (Å²) in [6.07, 6.45) is 0.444. The third-order valence-electron chi connectivity index (χ3n) is 11.0. The number of primary amides is 1. The Kier molecular flexibility index (Phi) is 11.9. The number of nitrogens with one attached hydrogen (secondary N) is 4. The maximum Gasteiger partial charge on any atom is 0.396 e. The fourth-order valence-corrected chi connectivity index (χ4v) is 8.41. The maximum atomic E-state index is 14.6. The van der Waals surface area contributed by atoms with E-state index in [1.165, 1.54) is 29.2 Å². The summed E-state index contributed by atoms with van der Waals surface area (Å²) in [6.45, 7) is 4.09. The number of rotatable bonds is 14. The van der Waals surface area contributed by atoms with E-state index in [9.17, 15) is 43.1 Å². The minimum atomic E-state index is -5.04. The number of H-pyrrole nitrogens is 1. The van der Waals surface area contributed by atoms with Crippen LogP contribution >= 0.6 is 7.60 Å². The summed E-state index contributed by atoms with van der Waals surface area (Å²) < 4.78 is 11.6. The van der Waals surface area contributed by atoms with Gasteiger partial charge in [-0.05, 0) is 77.3 Å². The SMILES string of the molecule is CC(C)c1cc2c3c(c1)C[C@@H](C(=O)N[C@@H](CCC(N)=O)C(=O)NC(c1ccccc1)c1ccccc1)N3C(=O)[C@@H](NC(=O)c1cc3cc(C(=O)P(=O)(O)O)ccc3[nH]1)CC2. The van der Waals surface area contributed by atoms with Crippen LogP contribution in [-0.2, 0) is 36.6 Å². The van der Waals surface area contributed by atoms with E-state index < -0.39 is 66.8 Å². The largest absolute Gasteiger partial charge is 0.396 e. The van der Waals surface area contributed by atoms with E-state index in [4.69, 9.17) is 5.73 Å². The second kappa shape index (κ2) is 17.1. The van der Waals surface area contributed by atoms with Gasteiger partial charge in [-0.2, -0.15) is 0 Å². The van der Waals surface area contributed by atoms with Gasteiger partial charge in [-0.1, -0.05) is 86.6 Å². The van der Waals surface area contributed by atoms with Crippen molar-refractivity contribution in [3.05, 3.63) is 136 Å². The number of nitrogens with zero attached hydrogens (tertiary/aromatic N) is 1. The van der Waals surface area contributed by atoms with Gasteiger partial charge in [-0.15, -0.1) is 0 Å². The molecular weight excluding hydrogens is 787 g/mol. The average molecular weight is 833 g/mol. The van der Waals surface area contributed by atoms with E-state index in [1.54, 1.807) is 0 Å². The van der Waals surface area contributed by atoms with Crippen LogP contribution in [0, 0.1) is 0 Å². The van der Waals surface area contributed by atoms with Gasteiger partial charge in [0.05, 0.1) is 11.7 Å². The summed E-state index contributed by atoms with van der Waals surface area (Å²) in [5, 5.41) is 9.05. The molecule has 0 unspecified atom stereocenters. The Balaban J connectivity index is 1.16. The van der Waals surface area contributed by atoms with Crippen LogP contribution in [0.15, 0.2) is 97.1 Å². The third kappa shape index (κ3) is 8.79. The second-order valence-electron chi connectivity index (χ2n) is 15.5. The Bertz CT molecular complexity index is 2510. The van der Waals surface area contributed by atoms with E-state index in [0.717, 1.165) is 27.8 Å². The van der Waals surface area contributed by atoms with Gasteiger partial charge in [0, 0.05) is 29.3 Å². The quantitative estimate of drug-likeness (QED) is 0.0790. The van der Waals surface area contributed by atoms with Gasteiger partial charge in [0.25, 0.3) is 11.4 Å². The molecule has 16 heteroatoms. The molecule has 5 aromatic rings. The highest BCUT2D eigenvalue weighted by Crippen LogP contribution is 2.42. The average Bonchev–Trinajstić information content (AvgIpc) is 3.81. The zero-order valence-corrected chi connectivity index (χ0v) is 33.8. The number of hydrogen-bond donors (Lipinski definition) is 7. The molecule has 3 atom stereocenters. The van der Waals surface area contributed by atoms with E-state index >= 15 is 0 Å². The molecule has 0 aliphatic carbocycles. The predicted octanol–water partition coefficient (Wildman–Crippen LogP) is 4.27. The highest BCUT2D eigenvalue weighted by atomic mass is 31.2. The van der Waals surface area contributed by atoms with Gasteiger partial charge < -0.3 is 36.5 Å². The summed E-state index contributed by atoms with van der Waals surface area (Å²) in [5.74, 6) is -2.89. The molecule has 1 aromatic heterocycles. The van der Waals surface area contributed by atoms with Crippen molar-refractivity contribution in [1.29, 1.82) is 0 Å². The molecule has 0 saturated carbocycles. The smallest absolute Gasteiger partial charge is 0.370 e. The molecule has 60 heavy (non-hydrogen) atoms. The van der Waals surface area contributed by atoms with Crippen molar-refractivity contribution >= 4 is 59.2 Å². The zero-order chi connectivity index (χ0) is 42.9. The summed E-state index contributed by atoms with van der Waals surface area (Å²) in [5.41, 5.74) is 9.19. The summed E-state index contributed by atoms with van der Waals surface area (Å²) >= 11 is 0. The number of carbonyl (C=O) groups is 6. The molecule has 4 aromatic carbocycles. The van der Waals surface area contributed by atoms with Crippen molar-refractivity contribution in [2.24, 2.45) is 5.73 Å². The van der Waals surface area contributed by atoms with Crippen molar-refractivity contribution in [1.82, 2.24) is 20.9 Å². The molecule has 0 spiro atoms. The monoisotopic (exact) mass is 832 g/mol. The van der Waals surface area contributed by atoms with Gasteiger partial charge in [0.1, 0.15) is 23.8 Å². The number of hydrogen-bond acceptors (Lipinski definition) is 7. The van der Waals surface area contributed by atoms with E-state index in [-0.39, 0.29) is 42.9 Å². The lowest BCUT2D eigenvalue weighted by Gasteiger charge is -2.30. The molecular formula is C44H45N6O9P. The number of aromatic nitrogens is 1. The molecule has 7 rings (SSSR count). The predicted molar refractivity (Wildman–Crippen MR) is 223 cm³/mol. The Morgan fingerprint density at radius 2 is 1.52 bits per heavy atom. The molecule has 0 saturated heterocycles. The number of anilines is 1. The first-order valence-electron chi connectivity index (χ1n) is 19.6. The lowest BCUT2D eigenvalue weighted by molar-refractivity contribution is -0.131. The molecule has 0 radical (unpaired) electrons. The standard InChI is InChI=1S/C44H45N6O9P/c1-24(2)29-19-27-13-16-34(48-41(53)35-22-30-20-28(14-15-32(30)46-35)44(56)60(57,58)59)43(55)50-36(23-31(21-29)39(27)50)42(54)47-33(17-18-37(45)51)40(52)49-38(25-9-5-3-6-10-25)26-11-7-4-8-12-26/h3-12,14-15,19-22,24,33-34,36,38,46H,13,16-18,23H2,1-2H3,(H2,45,51)(H,47,54)(H,48,53)(H,49,52)(H2,57,58,59)/t33-,34-,36-/m0/s1. The highest BCUT2D eigenvalue weighted by molar-refractivity contribution is 7.70. The van der Waals surface area contributed by atoms with Crippen LogP contribution in [0.3, 0.4) is 0 Å². The van der Waals surface area contributed by atoms with Crippen LogP contribution in [0.1, 0.15) is 93.7 Å². The van der Waals surface area contributed by atoms with Crippen molar-refractivity contribution in [2.45, 2.75) is 76.0 Å². The number of fused-ring (bicyclic) bond motifs is 1. The molecule has 0 fully saturated rings. The molecule has 5 amide bonds. The Hall–Kier alpha value is -6.41. The van der Waals surface area contributed by atoms with Gasteiger partial charge in [-0.3, -0.25) is 38.2 Å². The topological polar surface area (TPSA) is 241 Å². The van der Waals surface area contributed by atoms with Gasteiger partial charge >= 0.3 is 7.60 Å². The van der Waals surface area contributed by atoms with Gasteiger partial charge in [-0.25, -0.2) is 0 Å². The Morgan fingerprint density at radius 3 is 2.13 bits per heavy atom. The normalized spacial score (nSPS) is 16.6. The number of aromatic amines is 1. The zero-order valence-electron chi connectivity index (χ0n) is 32.9. The number of benzene rings is 4. The van der Waals surface area contributed by atoms with E-state index in [0.29, 0.717) is 23.0 Å². The summed E-state index contributed by atoms with van der Waals surface area (Å²) in [6, 6.07) is 24.0. The number of carbonyl (C=O) groups excluding carboxylic acids is 6. The fraction of sp³-hybridized carbons (Fsp3) is 0.273. The van der Waals surface area contributed by atoms with Crippen molar-refractivity contribution in [2.75, 3.05) is 4.90 Å². The van der Waals surface area contributed by atoms with Gasteiger partial charge in [0.2, 0.25) is 23.6 Å². The number of amides is 5. The second-order valence-corrected chi connectivity index (χ2v) is 17.0. The van der Waals surface area contributed by atoms with Crippen LogP contribution in [-0.4, -0.2) is 68.0 Å². The van der Waals surface area contributed by atoms with Crippen LogP contribution in [0.4, 0.5) is 5.69 Å². The van der Waals surface area contributed by atoms with E-state index in [2.05, 4.69) is 20.9 Å². The molecule has 2 aliphatic heterocycles. The minimum absolute atomic E-state index is 0.0338. The Labute approximate surface area is 345 Å². The molecule has 3 heterocycles.